The Bertz CT molecular complexity index is 820. The predicted octanol–water partition coefficient (Wildman–Crippen LogP) is 5.72. The summed E-state index contributed by atoms with van der Waals surface area (Å²) in [4.78, 5) is 0. The van der Waals surface area contributed by atoms with Gasteiger partial charge in [0.05, 0.1) is 13.2 Å². The maximum Gasteiger partial charge on any atom is 0.144 e. The minimum Gasteiger partial charge on any atom is -0.497 e. The van der Waals surface area contributed by atoms with E-state index in [-0.39, 0.29) is 6.10 Å². The summed E-state index contributed by atoms with van der Waals surface area (Å²) in [6.45, 7) is 6.26. The van der Waals surface area contributed by atoms with Gasteiger partial charge in [-0.05, 0) is 49.6 Å². The zero-order valence-corrected chi connectivity index (χ0v) is 15.9. The summed E-state index contributed by atoms with van der Waals surface area (Å²) in [7, 11) is 1.68. The van der Waals surface area contributed by atoms with Gasteiger partial charge in [0.1, 0.15) is 11.4 Å². The molecule has 3 rings (SSSR count). The summed E-state index contributed by atoms with van der Waals surface area (Å²) < 4.78 is 12.0. The average Bonchev–Trinajstić information content (AvgIpc) is 2.67. The van der Waals surface area contributed by atoms with Crippen LogP contribution in [0.4, 0.5) is 0 Å². The van der Waals surface area contributed by atoms with Crippen molar-refractivity contribution in [3.8, 4) is 5.75 Å². The predicted molar refractivity (Wildman–Crippen MR) is 107 cm³/mol. The molecule has 3 aromatic rings. The van der Waals surface area contributed by atoms with Crippen molar-refractivity contribution in [2.24, 2.45) is 0 Å². The first kappa shape index (κ1) is 18.2. The van der Waals surface area contributed by atoms with Crippen LogP contribution in [0.1, 0.15) is 36.1 Å². The molecule has 0 saturated heterocycles. The first-order valence-corrected chi connectivity index (χ1v) is 9.01. The zero-order valence-electron chi connectivity index (χ0n) is 15.9. The monoisotopic (exact) mass is 346 g/mol. The standard InChI is InChI=1S/C24H26O2/c1-18(2)26-24(20-8-6-5-7-9-20,21-12-10-19(3)11-13-21)22-14-16-23(25-4)17-15-22/h5-18H,1-4H3. The smallest absolute Gasteiger partial charge is 0.144 e. The maximum atomic E-state index is 6.67. The molecule has 1 unspecified atom stereocenters. The quantitative estimate of drug-likeness (QED) is 0.531. The fourth-order valence-electron chi connectivity index (χ4n) is 3.34. The molecule has 0 N–H and O–H groups in total. The van der Waals surface area contributed by atoms with Gasteiger partial charge in [0.2, 0.25) is 0 Å². The van der Waals surface area contributed by atoms with Crippen LogP contribution in [0.5, 0.6) is 5.75 Å². The van der Waals surface area contributed by atoms with E-state index in [2.05, 4.69) is 81.4 Å². The highest BCUT2D eigenvalue weighted by molar-refractivity contribution is 5.49. The molecule has 2 nitrogen and oxygen atoms in total. The second-order valence-corrected chi connectivity index (χ2v) is 6.81. The van der Waals surface area contributed by atoms with E-state index < -0.39 is 5.60 Å². The molecule has 2 heteroatoms. The van der Waals surface area contributed by atoms with E-state index in [0.717, 1.165) is 22.4 Å². The number of rotatable bonds is 6. The highest BCUT2D eigenvalue weighted by Crippen LogP contribution is 2.42. The van der Waals surface area contributed by atoms with E-state index in [1.165, 1.54) is 5.56 Å². The van der Waals surface area contributed by atoms with E-state index in [4.69, 9.17) is 9.47 Å². The fourth-order valence-corrected chi connectivity index (χ4v) is 3.34. The first-order chi connectivity index (χ1) is 12.6. The number of hydrogen-bond donors (Lipinski definition) is 0. The van der Waals surface area contributed by atoms with E-state index in [9.17, 15) is 0 Å². The molecule has 0 saturated carbocycles. The highest BCUT2D eigenvalue weighted by Gasteiger charge is 2.38. The Morgan fingerprint density at radius 3 is 1.69 bits per heavy atom. The minimum atomic E-state index is -0.671. The molecule has 0 heterocycles. The van der Waals surface area contributed by atoms with E-state index >= 15 is 0 Å². The largest absolute Gasteiger partial charge is 0.497 e. The van der Waals surface area contributed by atoms with Gasteiger partial charge in [0.15, 0.2) is 0 Å². The molecule has 0 radical (unpaired) electrons. The highest BCUT2D eigenvalue weighted by atomic mass is 16.5. The van der Waals surface area contributed by atoms with Gasteiger partial charge in [-0.15, -0.1) is 0 Å². The Morgan fingerprint density at radius 2 is 1.19 bits per heavy atom. The van der Waals surface area contributed by atoms with Gasteiger partial charge in [-0.3, -0.25) is 0 Å². The van der Waals surface area contributed by atoms with E-state index in [1.54, 1.807) is 7.11 Å². The molecule has 0 amide bonds. The first-order valence-electron chi connectivity index (χ1n) is 9.01. The van der Waals surface area contributed by atoms with E-state index in [1.807, 2.05) is 18.2 Å². The van der Waals surface area contributed by atoms with Gasteiger partial charge < -0.3 is 9.47 Å². The van der Waals surface area contributed by atoms with Crippen LogP contribution in [0, 0.1) is 6.92 Å². The van der Waals surface area contributed by atoms with Gasteiger partial charge in [-0.25, -0.2) is 0 Å². The molecule has 1 atom stereocenters. The van der Waals surface area contributed by atoms with Crippen molar-refractivity contribution in [2.45, 2.75) is 32.5 Å². The summed E-state index contributed by atoms with van der Waals surface area (Å²) in [6.07, 6.45) is 0.0543. The Labute approximate surface area is 156 Å². The van der Waals surface area contributed by atoms with Crippen molar-refractivity contribution in [3.63, 3.8) is 0 Å². The topological polar surface area (TPSA) is 18.5 Å². The van der Waals surface area contributed by atoms with Crippen LogP contribution >= 0.6 is 0 Å². The van der Waals surface area contributed by atoms with Gasteiger partial charge in [-0.1, -0.05) is 72.3 Å². The van der Waals surface area contributed by atoms with Crippen molar-refractivity contribution in [1.29, 1.82) is 0 Å². The summed E-state index contributed by atoms with van der Waals surface area (Å²) >= 11 is 0. The molecule has 0 bridgehead atoms. The molecule has 0 aliphatic carbocycles. The Kier molecular flexibility index (Phi) is 5.43. The van der Waals surface area contributed by atoms with Crippen molar-refractivity contribution in [1.82, 2.24) is 0 Å². The van der Waals surface area contributed by atoms with Gasteiger partial charge in [0, 0.05) is 0 Å². The van der Waals surface area contributed by atoms with Crippen molar-refractivity contribution >= 4 is 0 Å². The zero-order chi connectivity index (χ0) is 18.6. The molecule has 26 heavy (non-hydrogen) atoms. The minimum absolute atomic E-state index is 0.0543. The van der Waals surface area contributed by atoms with Crippen LogP contribution in [-0.4, -0.2) is 13.2 Å². The summed E-state index contributed by atoms with van der Waals surface area (Å²) in [5.41, 5.74) is 3.88. The van der Waals surface area contributed by atoms with Crippen LogP contribution in [0.2, 0.25) is 0 Å². The summed E-state index contributed by atoms with van der Waals surface area (Å²) in [5.74, 6) is 0.837. The maximum absolute atomic E-state index is 6.67. The molecule has 0 aromatic heterocycles. The van der Waals surface area contributed by atoms with Crippen LogP contribution in [-0.2, 0) is 10.3 Å². The molecule has 0 aliphatic rings. The number of hydrogen-bond acceptors (Lipinski definition) is 2. The second-order valence-electron chi connectivity index (χ2n) is 6.81. The Balaban J connectivity index is 2.28. The number of aryl methyl sites for hydroxylation is 1. The summed E-state index contributed by atoms with van der Waals surface area (Å²) in [6, 6.07) is 27.2. The molecule has 0 fully saturated rings. The molecule has 3 aromatic carbocycles. The molecule has 0 aliphatic heterocycles. The van der Waals surface area contributed by atoms with Crippen LogP contribution in [0.25, 0.3) is 0 Å². The lowest BCUT2D eigenvalue weighted by Crippen LogP contribution is -2.35. The Hall–Kier alpha value is -2.58. The Morgan fingerprint density at radius 1 is 0.692 bits per heavy atom. The lowest BCUT2D eigenvalue weighted by Gasteiger charge is -2.37. The average molecular weight is 346 g/mol. The number of ether oxygens (including phenoxy) is 2. The molecular formula is C24H26O2. The normalized spacial score (nSPS) is 13.4. The lowest BCUT2D eigenvalue weighted by atomic mass is 9.79. The van der Waals surface area contributed by atoms with Crippen molar-refractivity contribution < 1.29 is 9.47 Å². The van der Waals surface area contributed by atoms with Gasteiger partial charge in [0.25, 0.3) is 0 Å². The number of benzene rings is 3. The lowest BCUT2D eigenvalue weighted by molar-refractivity contribution is -0.0293. The van der Waals surface area contributed by atoms with Crippen LogP contribution in [0.15, 0.2) is 78.9 Å². The number of methoxy groups -OCH3 is 1. The molecular weight excluding hydrogens is 320 g/mol. The van der Waals surface area contributed by atoms with E-state index in [0.29, 0.717) is 0 Å². The van der Waals surface area contributed by atoms with Crippen LogP contribution in [0.3, 0.4) is 0 Å². The third-order valence-electron chi connectivity index (χ3n) is 4.55. The van der Waals surface area contributed by atoms with Gasteiger partial charge >= 0.3 is 0 Å². The van der Waals surface area contributed by atoms with Crippen molar-refractivity contribution in [2.75, 3.05) is 7.11 Å². The third kappa shape index (κ3) is 3.51. The third-order valence-corrected chi connectivity index (χ3v) is 4.55. The SMILES string of the molecule is COc1ccc(C(OC(C)C)(c2ccccc2)c2ccc(C)cc2)cc1. The fraction of sp³-hybridized carbons (Fsp3) is 0.250. The van der Waals surface area contributed by atoms with Gasteiger partial charge in [-0.2, -0.15) is 0 Å². The molecule has 134 valence electrons. The summed E-state index contributed by atoms with van der Waals surface area (Å²) in [5, 5.41) is 0. The van der Waals surface area contributed by atoms with Crippen LogP contribution < -0.4 is 4.74 Å². The molecule has 0 spiro atoms. The second kappa shape index (κ2) is 7.76. The van der Waals surface area contributed by atoms with Crippen molar-refractivity contribution in [3.05, 3.63) is 101 Å².